The number of nitrogen functional groups attached to an aromatic ring is 1. The molecule has 2 rings (SSSR count). The SMILES string of the molecule is Cc1ccc(N)cc1C(=O)Nc1ccc(Cl)cc1I. The molecule has 0 fully saturated rings. The predicted molar refractivity (Wildman–Crippen MR) is 87.7 cm³/mol. The number of carbonyl (C=O) groups is 1. The topological polar surface area (TPSA) is 55.1 Å². The van der Waals surface area contributed by atoms with Crippen LogP contribution in [0.25, 0.3) is 0 Å². The van der Waals surface area contributed by atoms with Gasteiger partial charge in [-0.2, -0.15) is 0 Å². The van der Waals surface area contributed by atoms with Crippen LogP contribution in [0.4, 0.5) is 11.4 Å². The van der Waals surface area contributed by atoms with Gasteiger partial charge in [0.15, 0.2) is 0 Å². The highest BCUT2D eigenvalue weighted by molar-refractivity contribution is 14.1. The Morgan fingerprint density at radius 1 is 1.26 bits per heavy atom. The van der Waals surface area contributed by atoms with Crippen LogP contribution in [0.15, 0.2) is 36.4 Å². The number of halogens is 2. The minimum absolute atomic E-state index is 0.176. The third-order valence-electron chi connectivity index (χ3n) is 2.69. The van der Waals surface area contributed by atoms with Crippen molar-refractivity contribution in [1.82, 2.24) is 0 Å². The molecule has 0 heterocycles. The zero-order valence-corrected chi connectivity index (χ0v) is 13.1. The van der Waals surface area contributed by atoms with Crippen molar-refractivity contribution in [2.75, 3.05) is 11.1 Å². The normalized spacial score (nSPS) is 10.3. The Hall–Kier alpha value is -1.27. The van der Waals surface area contributed by atoms with Crippen LogP contribution in [-0.2, 0) is 0 Å². The minimum Gasteiger partial charge on any atom is -0.399 e. The second-order valence-corrected chi connectivity index (χ2v) is 5.75. The average molecular weight is 387 g/mol. The number of aryl methyl sites for hydroxylation is 1. The van der Waals surface area contributed by atoms with Crippen molar-refractivity contribution in [2.45, 2.75) is 6.92 Å². The molecule has 0 aliphatic heterocycles. The molecule has 2 aromatic carbocycles. The fraction of sp³-hybridized carbons (Fsp3) is 0.0714. The van der Waals surface area contributed by atoms with E-state index >= 15 is 0 Å². The lowest BCUT2D eigenvalue weighted by Gasteiger charge is -2.10. The van der Waals surface area contributed by atoms with Crippen molar-refractivity contribution >= 4 is 51.5 Å². The van der Waals surface area contributed by atoms with Crippen LogP contribution >= 0.6 is 34.2 Å². The largest absolute Gasteiger partial charge is 0.399 e. The molecule has 0 aliphatic carbocycles. The lowest BCUT2D eigenvalue weighted by atomic mass is 10.1. The lowest BCUT2D eigenvalue weighted by Crippen LogP contribution is -2.14. The number of anilines is 2. The Balaban J connectivity index is 2.28. The van der Waals surface area contributed by atoms with Gasteiger partial charge in [0.2, 0.25) is 0 Å². The summed E-state index contributed by atoms with van der Waals surface area (Å²) < 4.78 is 0.889. The quantitative estimate of drug-likeness (QED) is 0.603. The summed E-state index contributed by atoms with van der Waals surface area (Å²) in [6.07, 6.45) is 0. The number of rotatable bonds is 2. The first-order valence-electron chi connectivity index (χ1n) is 5.60. The molecule has 19 heavy (non-hydrogen) atoms. The van der Waals surface area contributed by atoms with Crippen LogP contribution in [0, 0.1) is 10.5 Å². The number of nitrogens with one attached hydrogen (secondary N) is 1. The summed E-state index contributed by atoms with van der Waals surface area (Å²) in [6, 6.07) is 10.6. The smallest absolute Gasteiger partial charge is 0.256 e. The van der Waals surface area contributed by atoms with Crippen LogP contribution in [0.1, 0.15) is 15.9 Å². The molecule has 5 heteroatoms. The number of benzene rings is 2. The molecule has 0 unspecified atom stereocenters. The summed E-state index contributed by atoms with van der Waals surface area (Å²) in [5.74, 6) is -0.176. The molecule has 0 atom stereocenters. The van der Waals surface area contributed by atoms with Gasteiger partial charge >= 0.3 is 0 Å². The van der Waals surface area contributed by atoms with Crippen LogP contribution in [0.2, 0.25) is 5.02 Å². The predicted octanol–water partition coefficient (Wildman–Crippen LogP) is 4.09. The van der Waals surface area contributed by atoms with Gasteiger partial charge in [-0.25, -0.2) is 0 Å². The standard InChI is InChI=1S/C14H12ClIN2O/c1-8-2-4-10(17)7-11(8)14(19)18-13-5-3-9(15)6-12(13)16/h2-7H,17H2,1H3,(H,18,19). The minimum atomic E-state index is -0.176. The second-order valence-electron chi connectivity index (χ2n) is 4.15. The molecule has 0 spiro atoms. The first-order valence-corrected chi connectivity index (χ1v) is 7.05. The van der Waals surface area contributed by atoms with Crippen molar-refractivity contribution in [3.05, 3.63) is 56.1 Å². The van der Waals surface area contributed by atoms with Gasteiger partial charge in [0.05, 0.1) is 5.69 Å². The van der Waals surface area contributed by atoms with Gasteiger partial charge in [0, 0.05) is 19.8 Å². The van der Waals surface area contributed by atoms with E-state index in [1.165, 1.54) is 0 Å². The highest BCUT2D eigenvalue weighted by Crippen LogP contribution is 2.23. The molecule has 2 aromatic rings. The molecular formula is C14H12ClIN2O. The van der Waals surface area contributed by atoms with Gasteiger partial charge in [-0.1, -0.05) is 17.7 Å². The third-order valence-corrected chi connectivity index (χ3v) is 3.81. The molecule has 0 saturated carbocycles. The molecule has 0 aliphatic rings. The zero-order chi connectivity index (χ0) is 14.0. The molecule has 0 aromatic heterocycles. The van der Waals surface area contributed by atoms with Crippen molar-refractivity contribution in [3.63, 3.8) is 0 Å². The summed E-state index contributed by atoms with van der Waals surface area (Å²) >= 11 is 8.01. The van der Waals surface area contributed by atoms with Crippen LogP contribution in [-0.4, -0.2) is 5.91 Å². The van der Waals surface area contributed by atoms with Crippen LogP contribution in [0.5, 0.6) is 0 Å². The Morgan fingerprint density at radius 3 is 2.68 bits per heavy atom. The number of carbonyl (C=O) groups excluding carboxylic acids is 1. The van der Waals surface area contributed by atoms with E-state index in [9.17, 15) is 4.79 Å². The van der Waals surface area contributed by atoms with Gasteiger partial charge in [-0.15, -0.1) is 0 Å². The molecule has 1 amide bonds. The van der Waals surface area contributed by atoms with Gasteiger partial charge in [0.1, 0.15) is 0 Å². The summed E-state index contributed by atoms with van der Waals surface area (Å²) in [7, 11) is 0. The molecule has 0 bridgehead atoms. The zero-order valence-electron chi connectivity index (χ0n) is 10.2. The fourth-order valence-electron chi connectivity index (χ4n) is 1.66. The number of hydrogen-bond acceptors (Lipinski definition) is 2. The number of amides is 1. The lowest BCUT2D eigenvalue weighted by molar-refractivity contribution is 0.102. The molecule has 0 saturated heterocycles. The fourth-order valence-corrected chi connectivity index (χ4v) is 2.67. The van der Waals surface area contributed by atoms with Crippen molar-refractivity contribution in [2.24, 2.45) is 0 Å². The van der Waals surface area contributed by atoms with Gasteiger partial charge in [0.25, 0.3) is 5.91 Å². The van der Waals surface area contributed by atoms with E-state index in [1.54, 1.807) is 30.3 Å². The second kappa shape index (κ2) is 5.79. The molecule has 3 nitrogen and oxygen atoms in total. The van der Waals surface area contributed by atoms with E-state index in [2.05, 4.69) is 27.9 Å². The Bertz CT molecular complexity index is 643. The van der Waals surface area contributed by atoms with E-state index in [0.29, 0.717) is 16.3 Å². The van der Waals surface area contributed by atoms with Crippen LogP contribution < -0.4 is 11.1 Å². The van der Waals surface area contributed by atoms with Crippen LogP contribution in [0.3, 0.4) is 0 Å². The number of hydrogen-bond donors (Lipinski definition) is 2. The molecule has 0 radical (unpaired) electrons. The van der Waals surface area contributed by atoms with Gasteiger partial charge in [-0.05, 0) is 65.4 Å². The Labute approximate surface area is 130 Å². The summed E-state index contributed by atoms with van der Waals surface area (Å²) in [5, 5.41) is 3.50. The van der Waals surface area contributed by atoms with E-state index < -0.39 is 0 Å². The molecule has 3 N–H and O–H groups in total. The maximum atomic E-state index is 12.2. The first-order chi connectivity index (χ1) is 8.97. The van der Waals surface area contributed by atoms with Crippen molar-refractivity contribution in [1.29, 1.82) is 0 Å². The van der Waals surface area contributed by atoms with E-state index in [4.69, 9.17) is 17.3 Å². The molecular weight excluding hydrogens is 375 g/mol. The Morgan fingerprint density at radius 2 is 2.00 bits per heavy atom. The monoisotopic (exact) mass is 386 g/mol. The van der Waals surface area contributed by atoms with Crippen molar-refractivity contribution < 1.29 is 4.79 Å². The highest BCUT2D eigenvalue weighted by Gasteiger charge is 2.11. The van der Waals surface area contributed by atoms with E-state index in [-0.39, 0.29) is 5.91 Å². The summed E-state index contributed by atoms with van der Waals surface area (Å²) in [4.78, 5) is 12.2. The Kier molecular flexibility index (Phi) is 4.31. The van der Waals surface area contributed by atoms with E-state index in [0.717, 1.165) is 14.8 Å². The van der Waals surface area contributed by atoms with Gasteiger partial charge in [-0.3, -0.25) is 4.79 Å². The highest BCUT2D eigenvalue weighted by atomic mass is 127. The summed E-state index contributed by atoms with van der Waals surface area (Å²) in [5.41, 5.74) is 8.47. The van der Waals surface area contributed by atoms with E-state index in [1.807, 2.05) is 13.0 Å². The van der Waals surface area contributed by atoms with Crippen molar-refractivity contribution in [3.8, 4) is 0 Å². The number of nitrogens with two attached hydrogens (primary N) is 1. The maximum Gasteiger partial charge on any atom is 0.256 e. The maximum absolute atomic E-state index is 12.2. The first kappa shape index (κ1) is 14.1. The molecule has 98 valence electrons. The van der Waals surface area contributed by atoms with Gasteiger partial charge < -0.3 is 11.1 Å². The summed E-state index contributed by atoms with van der Waals surface area (Å²) in [6.45, 7) is 1.88. The third kappa shape index (κ3) is 3.39. The average Bonchev–Trinajstić information content (AvgIpc) is 2.35.